The zero-order valence-electron chi connectivity index (χ0n) is 14.0. The first-order valence-electron chi connectivity index (χ1n) is 8.39. The van der Waals surface area contributed by atoms with E-state index in [0.717, 1.165) is 19.3 Å². The third kappa shape index (κ3) is 4.81. The first-order chi connectivity index (χ1) is 11.5. The number of hydrogen-bond donors (Lipinski definition) is 2. The molecule has 0 bridgehead atoms. The Balaban J connectivity index is 1.95. The summed E-state index contributed by atoms with van der Waals surface area (Å²) in [5, 5.41) is 11.9. The number of amides is 2. The Hall–Kier alpha value is -2.37. The summed E-state index contributed by atoms with van der Waals surface area (Å²) in [5.41, 5.74) is 0.855. The standard InChI is InChI=1S/C18H24N2O4/c1-2-8-19-17(22)15-7-4-9-20(12-15)16(21)11-13-5-3-6-14(10-13)18(23)24/h3,5-6,10,15H,2,4,7-9,11-12H2,1H3,(H,19,22)(H,23,24). The summed E-state index contributed by atoms with van der Waals surface area (Å²) in [5.74, 6) is -1.21. The number of hydrogen-bond acceptors (Lipinski definition) is 3. The normalized spacial score (nSPS) is 17.4. The van der Waals surface area contributed by atoms with Crippen molar-refractivity contribution in [2.24, 2.45) is 5.92 Å². The van der Waals surface area contributed by atoms with Crippen molar-refractivity contribution in [2.45, 2.75) is 32.6 Å². The van der Waals surface area contributed by atoms with Crippen LogP contribution in [0.15, 0.2) is 24.3 Å². The Labute approximate surface area is 141 Å². The highest BCUT2D eigenvalue weighted by Crippen LogP contribution is 2.18. The maximum Gasteiger partial charge on any atom is 0.335 e. The van der Waals surface area contributed by atoms with Gasteiger partial charge in [0.05, 0.1) is 17.9 Å². The van der Waals surface area contributed by atoms with Gasteiger partial charge in [-0.3, -0.25) is 9.59 Å². The summed E-state index contributed by atoms with van der Waals surface area (Å²) in [6, 6.07) is 6.42. The van der Waals surface area contributed by atoms with Gasteiger partial charge >= 0.3 is 5.97 Å². The minimum atomic E-state index is -1.00. The molecule has 2 amide bonds. The van der Waals surface area contributed by atoms with Crippen LogP contribution in [0.4, 0.5) is 0 Å². The molecule has 0 aliphatic carbocycles. The van der Waals surface area contributed by atoms with E-state index in [4.69, 9.17) is 5.11 Å². The summed E-state index contributed by atoms with van der Waals surface area (Å²) in [7, 11) is 0. The molecule has 0 spiro atoms. The maximum absolute atomic E-state index is 12.5. The average molecular weight is 332 g/mol. The molecule has 0 saturated carbocycles. The summed E-state index contributed by atoms with van der Waals surface area (Å²) < 4.78 is 0. The van der Waals surface area contributed by atoms with E-state index in [0.29, 0.717) is 25.2 Å². The SMILES string of the molecule is CCCNC(=O)C1CCCN(C(=O)Cc2cccc(C(=O)O)c2)C1. The highest BCUT2D eigenvalue weighted by Gasteiger charge is 2.28. The number of aromatic carboxylic acids is 1. The number of carbonyl (C=O) groups excluding carboxylic acids is 2. The quantitative estimate of drug-likeness (QED) is 0.830. The maximum atomic E-state index is 12.5. The molecule has 2 N–H and O–H groups in total. The molecule has 1 aliphatic rings. The second-order valence-electron chi connectivity index (χ2n) is 6.15. The Bertz CT molecular complexity index is 615. The van der Waals surface area contributed by atoms with Crippen LogP contribution in [0.2, 0.25) is 0 Å². The summed E-state index contributed by atoms with van der Waals surface area (Å²) in [6.07, 6.45) is 2.66. The van der Waals surface area contributed by atoms with Gasteiger partial charge in [-0.05, 0) is 37.0 Å². The predicted octanol–water partition coefficient (Wildman–Crippen LogP) is 1.69. The van der Waals surface area contributed by atoms with Crippen molar-refractivity contribution >= 4 is 17.8 Å². The van der Waals surface area contributed by atoms with Crippen molar-refractivity contribution in [1.29, 1.82) is 0 Å². The highest BCUT2D eigenvalue weighted by atomic mass is 16.4. The van der Waals surface area contributed by atoms with Crippen LogP contribution in [0, 0.1) is 5.92 Å². The zero-order valence-corrected chi connectivity index (χ0v) is 14.0. The van der Waals surface area contributed by atoms with Crippen LogP contribution >= 0.6 is 0 Å². The van der Waals surface area contributed by atoms with Crippen molar-refractivity contribution in [2.75, 3.05) is 19.6 Å². The van der Waals surface area contributed by atoms with Crippen molar-refractivity contribution in [3.63, 3.8) is 0 Å². The van der Waals surface area contributed by atoms with Crippen LogP contribution in [0.25, 0.3) is 0 Å². The number of nitrogens with zero attached hydrogens (tertiary/aromatic N) is 1. The van der Waals surface area contributed by atoms with Crippen LogP contribution in [0.5, 0.6) is 0 Å². The number of carbonyl (C=O) groups is 3. The van der Waals surface area contributed by atoms with E-state index in [1.807, 2.05) is 6.92 Å². The molecule has 1 saturated heterocycles. The van der Waals surface area contributed by atoms with Crippen molar-refractivity contribution in [1.82, 2.24) is 10.2 Å². The number of piperidine rings is 1. The molecule has 1 aliphatic heterocycles. The molecule has 6 nitrogen and oxygen atoms in total. The number of nitrogens with one attached hydrogen (secondary N) is 1. The Morgan fingerprint density at radius 3 is 2.83 bits per heavy atom. The van der Waals surface area contributed by atoms with Gasteiger partial charge in [0.25, 0.3) is 0 Å². The predicted molar refractivity (Wildman–Crippen MR) is 89.7 cm³/mol. The molecular formula is C18H24N2O4. The lowest BCUT2D eigenvalue weighted by Crippen LogP contribution is -2.46. The lowest BCUT2D eigenvalue weighted by atomic mass is 9.96. The van der Waals surface area contributed by atoms with Crippen LogP contribution in [-0.4, -0.2) is 47.4 Å². The molecule has 1 heterocycles. The van der Waals surface area contributed by atoms with E-state index in [1.54, 1.807) is 17.0 Å². The molecule has 1 fully saturated rings. The first kappa shape index (κ1) is 18.0. The smallest absolute Gasteiger partial charge is 0.335 e. The molecule has 1 aromatic carbocycles. The summed E-state index contributed by atoms with van der Waals surface area (Å²) in [6.45, 7) is 3.75. The first-order valence-corrected chi connectivity index (χ1v) is 8.39. The fraction of sp³-hybridized carbons (Fsp3) is 0.500. The third-order valence-corrected chi connectivity index (χ3v) is 4.22. The van der Waals surface area contributed by atoms with Gasteiger partial charge in [0.15, 0.2) is 0 Å². The second-order valence-corrected chi connectivity index (χ2v) is 6.15. The van der Waals surface area contributed by atoms with Gasteiger partial charge in [-0.2, -0.15) is 0 Å². The minimum absolute atomic E-state index is 0.0159. The Morgan fingerprint density at radius 2 is 2.12 bits per heavy atom. The van der Waals surface area contributed by atoms with E-state index >= 15 is 0 Å². The monoisotopic (exact) mass is 332 g/mol. The fourth-order valence-electron chi connectivity index (χ4n) is 2.91. The van der Waals surface area contributed by atoms with E-state index in [-0.39, 0.29) is 29.7 Å². The van der Waals surface area contributed by atoms with Crippen molar-refractivity contribution in [3.05, 3.63) is 35.4 Å². The van der Waals surface area contributed by atoms with Gasteiger partial charge in [-0.25, -0.2) is 4.79 Å². The Morgan fingerprint density at radius 1 is 1.33 bits per heavy atom. The largest absolute Gasteiger partial charge is 0.478 e. The zero-order chi connectivity index (χ0) is 17.5. The van der Waals surface area contributed by atoms with E-state index in [1.165, 1.54) is 12.1 Å². The molecule has 6 heteroatoms. The van der Waals surface area contributed by atoms with Gasteiger partial charge in [0.1, 0.15) is 0 Å². The van der Waals surface area contributed by atoms with E-state index < -0.39 is 5.97 Å². The fourth-order valence-corrected chi connectivity index (χ4v) is 2.91. The van der Waals surface area contributed by atoms with Crippen LogP contribution in [0.3, 0.4) is 0 Å². The molecule has 1 unspecified atom stereocenters. The van der Waals surface area contributed by atoms with Crippen molar-refractivity contribution in [3.8, 4) is 0 Å². The minimum Gasteiger partial charge on any atom is -0.478 e. The number of carboxylic acid groups (broad SMARTS) is 1. The van der Waals surface area contributed by atoms with E-state index in [9.17, 15) is 14.4 Å². The second kappa shape index (κ2) is 8.47. The number of carboxylic acids is 1. The lowest BCUT2D eigenvalue weighted by molar-refractivity contribution is -0.135. The Kier molecular flexibility index (Phi) is 6.35. The highest BCUT2D eigenvalue weighted by molar-refractivity contribution is 5.88. The topological polar surface area (TPSA) is 86.7 Å². The van der Waals surface area contributed by atoms with Crippen LogP contribution < -0.4 is 5.32 Å². The average Bonchev–Trinajstić information content (AvgIpc) is 2.60. The third-order valence-electron chi connectivity index (χ3n) is 4.22. The lowest BCUT2D eigenvalue weighted by Gasteiger charge is -2.32. The molecule has 0 aromatic heterocycles. The van der Waals surface area contributed by atoms with Gasteiger partial charge in [-0.15, -0.1) is 0 Å². The van der Waals surface area contributed by atoms with E-state index in [2.05, 4.69) is 5.32 Å². The molecule has 130 valence electrons. The van der Waals surface area contributed by atoms with Crippen LogP contribution in [0.1, 0.15) is 42.1 Å². The number of benzene rings is 1. The van der Waals surface area contributed by atoms with Crippen LogP contribution in [-0.2, 0) is 16.0 Å². The van der Waals surface area contributed by atoms with Gasteiger partial charge in [0.2, 0.25) is 11.8 Å². The molecule has 2 rings (SSSR count). The van der Waals surface area contributed by atoms with Gasteiger partial charge in [-0.1, -0.05) is 19.1 Å². The molecular weight excluding hydrogens is 308 g/mol. The molecule has 1 aromatic rings. The number of likely N-dealkylation sites (tertiary alicyclic amines) is 1. The molecule has 0 radical (unpaired) electrons. The van der Waals surface area contributed by atoms with Gasteiger partial charge in [0, 0.05) is 19.6 Å². The molecule has 24 heavy (non-hydrogen) atoms. The summed E-state index contributed by atoms with van der Waals surface area (Å²) >= 11 is 0. The number of rotatable bonds is 6. The summed E-state index contributed by atoms with van der Waals surface area (Å²) in [4.78, 5) is 37.3. The van der Waals surface area contributed by atoms with Gasteiger partial charge < -0.3 is 15.3 Å². The van der Waals surface area contributed by atoms with Crippen molar-refractivity contribution < 1.29 is 19.5 Å². The molecule has 1 atom stereocenters.